The maximum atomic E-state index is 13.5. The van der Waals surface area contributed by atoms with Crippen molar-refractivity contribution in [2.45, 2.75) is 12.8 Å². The molecule has 1 saturated heterocycles. The first kappa shape index (κ1) is 19.0. The van der Waals surface area contributed by atoms with Crippen LogP contribution in [0.4, 0.5) is 16.0 Å². The number of hydrogen-bond acceptors (Lipinski definition) is 6. The summed E-state index contributed by atoms with van der Waals surface area (Å²) in [5, 5.41) is 12.1. The van der Waals surface area contributed by atoms with E-state index in [9.17, 15) is 14.4 Å². The van der Waals surface area contributed by atoms with E-state index in [4.69, 9.17) is 20.4 Å². The molecule has 3 heterocycles. The lowest BCUT2D eigenvalue weighted by Gasteiger charge is -2.30. The van der Waals surface area contributed by atoms with Crippen LogP contribution in [0.1, 0.15) is 18.5 Å². The molecule has 148 valence electrons. The molecule has 4 rings (SSSR count). The van der Waals surface area contributed by atoms with E-state index in [0.717, 1.165) is 0 Å². The Kier molecular flexibility index (Phi) is 5.23. The Morgan fingerprint density at radius 1 is 1.34 bits per heavy atom. The van der Waals surface area contributed by atoms with Crippen LogP contribution < -0.4 is 10.2 Å². The number of rotatable bonds is 4. The summed E-state index contributed by atoms with van der Waals surface area (Å²) in [6.45, 7) is 1.04. The number of carbonyl (C=O) groups excluding carboxylic acids is 1. The lowest BCUT2D eigenvalue weighted by molar-refractivity contribution is -0.120. The van der Waals surface area contributed by atoms with E-state index in [0.29, 0.717) is 43.3 Å². The van der Waals surface area contributed by atoms with Crippen molar-refractivity contribution < 1.29 is 18.0 Å². The Balaban J connectivity index is 1.41. The van der Waals surface area contributed by atoms with Gasteiger partial charge in [0.15, 0.2) is 5.76 Å². The number of halogens is 2. The largest absolute Gasteiger partial charge is 0.459 e. The van der Waals surface area contributed by atoms with Gasteiger partial charge in [-0.05, 0) is 43.2 Å². The topological polar surface area (TPSA) is 95.3 Å². The number of amides is 1. The van der Waals surface area contributed by atoms with Gasteiger partial charge in [-0.25, -0.2) is 4.39 Å². The number of benzene rings is 1. The highest BCUT2D eigenvalue weighted by Crippen LogP contribution is 2.31. The summed E-state index contributed by atoms with van der Waals surface area (Å²) >= 11 is 5.66. The first-order valence-electron chi connectivity index (χ1n) is 9.01. The fourth-order valence-corrected chi connectivity index (χ4v) is 3.39. The highest BCUT2D eigenvalue weighted by Gasteiger charge is 2.29. The number of hydrogen-bond donors (Lipinski definition) is 1. The van der Waals surface area contributed by atoms with E-state index in [1.54, 1.807) is 18.2 Å². The Morgan fingerprint density at radius 2 is 2.14 bits per heavy atom. The molecule has 1 aromatic carbocycles. The summed E-state index contributed by atoms with van der Waals surface area (Å²) in [5.41, 5.74) is 0.542. The zero-order valence-corrected chi connectivity index (χ0v) is 15.9. The average molecular weight is 415 g/mol. The molecule has 1 fully saturated rings. The predicted octanol–water partition coefficient (Wildman–Crippen LogP) is 4.45. The first-order chi connectivity index (χ1) is 14.0. The van der Waals surface area contributed by atoms with Gasteiger partial charge in [0.1, 0.15) is 11.9 Å². The number of nitriles is 1. The van der Waals surface area contributed by atoms with Crippen LogP contribution in [0, 0.1) is 23.1 Å². The fraction of sp³-hybridized carbons (Fsp3) is 0.250. The molecule has 1 aliphatic heterocycles. The molecule has 1 aliphatic rings. The molecule has 0 bridgehead atoms. The number of piperidine rings is 1. The maximum absolute atomic E-state index is 13.5. The fourth-order valence-electron chi connectivity index (χ4n) is 3.27. The van der Waals surface area contributed by atoms with E-state index in [2.05, 4.69) is 10.3 Å². The molecule has 7 nitrogen and oxygen atoms in total. The molecule has 1 N–H and O–H groups in total. The second-order valence-electron chi connectivity index (χ2n) is 6.64. The summed E-state index contributed by atoms with van der Waals surface area (Å²) in [6, 6.07) is 9.60. The van der Waals surface area contributed by atoms with Gasteiger partial charge in [-0.15, -0.1) is 0 Å². The Morgan fingerprint density at radius 3 is 2.79 bits per heavy atom. The van der Waals surface area contributed by atoms with Crippen LogP contribution in [-0.4, -0.2) is 24.0 Å². The number of aromatic nitrogens is 1. The molecule has 9 heteroatoms. The maximum Gasteiger partial charge on any atom is 0.266 e. The second-order valence-corrected chi connectivity index (χ2v) is 7.05. The molecular weight excluding hydrogens is 399 g/mol. The highest BCUT2D eigenvalue weighted by atomic mass is 35.5. The molecule has 0 atom stereocenters. The molecule has 1 amide bonds. The number of anilines is 2. The summed E-state index contributed by atoms with van der Waals surface area (Å²) in [4.78, 5) is 18.6. The van der Waals surface area contributed by atoms with Gasteiger partial charge in [0.25, 0.3) is 5.89 Å². The van der Waals surface area contributed by atoms with E-state index in [-0.39, 0.29) is 28.4 Å². The highest BCUT2D eigenvalue weighted by molar-refractivity contribution is 6.30. The minimum absolute atomic E-state index is 0.00517. The number of furan rings is 1. The van der Waals surface area contributed by atoms with Crippen molar-refractivity contribution in [2.24, 2.45) is 5.92 Å². The zero-order chi connectivity index (χ0) is 20.4. The predicted molar refractivity (Wildman–Crippen MR) is 104 cm³/mol. The average Bonchev–Trinajstić information content (AvgIpc) is 3.40. The minimum Gasteiger partial charge on any atom is -0.459 e. The van der Waals surface area contributed by atoms with Gasteiger partial charge in [-0.3, -0.25) is 4.79 Å². The van der Waals surface area contributed by atoms with Crippen LogP contribution in [0.5, 0.6) is 0 Å². The lowest BCUT2D eigenvalue weighted by Crippen LogP contribution is -2.38. The van der Waals surface area contributed by atoms with Crippen molar-refractivity contribution in [3.05, 3.63) is 53.1 Å². The molecule has 0 aliphatic carbocycles. The van der Waals surface area contributed by atoms with Gasteiger partial charge in [0.2, 0.25) is 17.5 Å². The molecule has 0 saturated carbocycles. The first-order valence-corrected chi connectivity index (χ1v) is 9.38. The standard InChI is InChI=1S/C20H16ClFN4O3/c21-14-4-3-13(10-15(14)22)24-18(27)12-5-7-26(8-6-12)20-16(11-23)25-19(29-20)17-2-1-9-28-17/h1-4,9-10,12H,5-8H2,(H,24,27). The molecule has 0 unspecified atom stereocenters. The minimum atomic E-state index is -0.582. The van der Waals surface area contributed by atoms with Gasteiger partial charge in [0.05, 0.1) is 11.3 Å². The van der Waals surface area contributed by atoms with Gasteiger partial charge in [0, 0.05) is 24.7 Å². The number of nitrogens with zero attached hydrogens (tertiary/aromatic N) is 3. The van der Waals surface area contributed by atoms with Crippen molar-refractivity contribution in [3.8, 4) is 17.7 Å². The van der Waals surface area contributed by atoms with Crippen LogP contribution >= 0.6 is 11.6 Å². The van der Waals surface area contributed by atoms with E-state index < -0.39 is 5.82 Å². The van der Waals surface area contributed by atoms with Crippen molar-refractivity contribution in [1.29, 1.82) is 5.26 Å². The molecular formula is C20H16ClFN4O3. The molecule has 0 radical (unpaired) electrons. The zero-order valence-electron chi connectivity index (χ0n) is 15.2. The second kappa shape index (κ2) is 7.97. The van der Waals surface area contributed by atoms with Crippen LogP contribution in [0.25, 0.3) is 11.7 Å². The smallest absolute Gasteiger partial charge is 0.266 e. The van der Waals surface area contributed by atoms with Crippen molar-refractivity contribution >= 4 is 29.1 Å². The Hall–Kier alpha value is -3.31. The van der Waals surface area contributed by atoms with E-state index in [1.165, 1.54) is 18.4 Å². The number of nitrogens with one attached hydrogen (secondary N) is 1. The van der Waals surface area contributed by atoms with Crippen LogP contribution in [0.3, 0.4) is 0 Å². The SMILES string of the molecule is N#Cc1nc(-c2ccco2)oc1N1CCC(C(=O)Nc2ccc(Cl)c(F)c2)CC1. The third-order valence-electron chi connectivity index (χ3n) is 4.79. The van der Waals surface area contributed by atoms with Gasteiger partial charge in [-0.1, -0.05) is 11.6 Å². The molecule has 3 aromatic rings. The molecule has 29 heavy (non-hydrogen) atoms. The van der Waals surface area contributed by atoms with E-state index >= 15 is 0 Å². The summed E-state index contributed by atoms with van der Waals surface area (Å²) in [5.74, 6) is 0.0608. The third kappa shape index (κ3) is 3.96. The number of carbonyl (C=O) groups is 1. The van der Waals surface area contributed by atoms with Crippen molar-refractivity contribution in [2.75, 3.05) is 23.3 Å². The van der Waals surface area contributed by atoms with Gasteiger partial charge >= 0.3 is 0 Å². The monoisotopic (exact) mass is 414 g/mol. The Bertz CT molecular complexity index is 1070. The summed E-state index contributed by atoms with van der Waals surface area (Å²) in [7, 11) is 0. The Labute approximate surface area is 170 Å². The van der Waals surface area contributed by atoms with Gasteiger partial charge < -0.3 is 19.1 Å². The lowest BCUT2D eigenvalue weighted by atomic mass is 9.96. The number of oxazole rings is 1. The molecule has 2 aromatic heterocycles. The summed E-state index contributed by atoms with van der Waals surface area (Å²) in [6.07, 6.45) is 2.62. The molecule has 0 spiro atoms. The normalized spacial score (nSPS) is 14.6. The van der Waals surface area contributed by atoms with Crippen LogP contribution in [-0.2, 0) is 4.79 Å². The van der Waals surface area contributed by atoms with Crippen molar-refractivity contribution in [1.82, 2.24) is 4.98 Å². The van der Waals surface area contributed by atoms with Crippen LogP contribution in [0.2, 0.25) is 5.02 Å². The van der Waals surface area contributed by atoms with E-state index in [1.807, 2.05) is 11.0 Å². The van der Waals surface area contributed by atoms with Gasteiger partial charge in [-0.2, -0.15) is 10.2 Å². The summed E-state index contributed by atoms with van der Waals surface area (Å²) < 4.78 is 24.6. The quantitative estimate of drug-likeness (QED) is 0.677. The third-order valence-corrected chi connectivity index (χ3v) is 5.09. The van der Waals surface area contributed by atoms with Crippen LogP contribution in [0.15, 0.2) is 45.4 Å². The van der Waals surface area contributed by atoms with Crippen molar-refractivity contribution in [3.63, 3.8) is 0 Å².